The molecule has 1 aliphatic rings. The number of aromatic nitrogens is 2. The van der Waals surface area contributed by atoms with Gasteiger partial charge in [-0.25, -0.2) is 4.68 Å². The Morgan fingerprint density at radius 3 is 2.75 bits per heavy atom. The Balaban J connectivity index is 2.10. The van der Waals surface area contributed by atoms with Crippen LogP contribution in [0.25, 0.3) is 0 Å². The van der Waals surface area contributed by atoms with E-state index < -0.39 is 23.0 Å². The number of amides is 1. The Bertz CT molecular complexity index is 616. The quantitative estimate of drug-likeness (QED) is 0.661. The number of carbonyl (C=O) groups excluding carboxylic acids is 1. The summed E-state index contributed by atoms with van der Waals surface area (Å²) >= 11 is 0. The number of halogens is 3. The number of nitrogens with one attached hydrogen (secondary N) is 1. The maximum absolute atomic E-state index is 12.3. The van der Waals surface area contributed by atoms with Gasteiger partial charge in [0, 0.05) is 25.7 Å². The van der Waals surface area contributed by atoms with Crippen molar-refractivity contribution in [3.63, 3.8) is 0 Å². The second-order valence-corrected chi connectivity index (χ2v) is 5.51. The van der Waals surface area contributed by atoms with E-state index in [1.54, 1.807) is 11.8 Å². The molecule has 134 valence electrons. The minimum absolute atomic E-state index is 0.130. The molecule has 1 aromatic heterocycles. The molecule has 24 heavy (non-hydrogen) atoms. The van der Waals surface area contributed by atoms with Gasteiger partial charge in [0.1, 0.15) is 6.20 Å². The number of hydrogen-bond donors (Lipinski definition) is 1. The second-order valence-electron chi connectivity index (χ2n) is 5.51. The van der Waals surface area contributed by atoms with Gasteiger partial charge >= 0.3 is 17.8 Å². The van der Waals surface area contributed by atoms with Crippen molar-refractivity contribution in [3.8, 4) is 0 Å². The van der Waals surface area contributed by atoms with Crippen molar-refractivity contribution < 1.29 is 22.9 Å². The molecule has 0 saturated carbocycles. The van der Waals surface area contributed by atoms with E-state index in [4.69, 9.17) is 0 Å². The molecule has 0 aliphatic carbocycles. The SMILES string of the molecule is CCn1ncc([N+](=O)[O-])c1N1CCCC(NC(=O)C(F)(F)F)CC1. The van der Waals surface area contributed by atoms with Gasteiger partial charge in [-0.1, -0.05) is 0 Å². The van der Waals surface area contributed by atoms with Crippen molar-refractivity contribution in [2.24, 2.45) is 0 Å². The number of hydrogen-bond acceptors (Lipinski definition) is 5. The highest BCUT2D eigenvalue weighted by atomic mass is 19.4. The van der Waals surface area contributed by atoms with E-state index >= 15 is 0 Å². The number of anilines is 1. The van der Waals surface area contributed by atoms with E-state index in [1.165, 1.54) is 10.9 Å². The molecule has 1 atom stereocenters. The predicted molar refractivity (Wildman–Crippen MR) is 78.6 cm³/mol. The lowest BCUT2D eigenvalue weighted by Crippen LogP contribution is -2.43. The van der Waals surface area contributed by atoms with Crippen molar-refractivity contribution in [2.45, 2.75) is 44.9 Å². The van der Waals surface area contributed by atoms with Crippen LogP contribution in [0.4, 0.5) is 24.7 Å². The van der Waals surface area contributed by atoms with Gasteiger partial charge in [0.05, 0.1) is 4.92 Å². The van der Waals surface area contributed by atoms with Crippen molar-refractivity contribution >= 4 is 17.4 Å². The van der Waals surface area contributed by atoms with Crippen LogP contribution in [-0.4, -0.2) is 45.9 Å². The smallest absolute Gasteiger partial charge is 0.351 e. The number of carbonyl (C=O) groups is 1. The predicted octanol–water partition coefficient (Wildman–Crippen LogP) is 1.85. The first-order chi connectivity index (χ1) is 11.2. The first kappa shape index (κ1) is 18.0. The molecule has 0 radical (unpaired) electrons. The van der Waals surface area contributed by atoms with E-state index in [9.17, 15) is 28.1 Å². The van der Waals surface area contributed by atoms with E-state index in [-0.39, 0.29) is 12.1 Å². The molecule has 0 spiro atoms. The summed E-state index contributed by atoms with van der Waals surface area (Å²) in [6.45, 7) is 2.98. The van der Waals surface area contributed by atoms with E-state index in [2.05, 4.69) is 5.10 Å². The van der Waals surface area contributed by atoms with Gasteiger partial charge < -0.3 is 10.2 Å². The largest absolute Gasteiger partial charge is 0.471 e. The normalized spacial score (nSPS) is 19.0. The van der Waals surface area contributed by atoms with Crippen LogP contribution in [0.3, 0.4) is 0 Å². The molecule has 11 heteroatoms. The molecule has 1 unspecified atom stereocenters. The van der Waals surface area contributed by atoms with Gasteiger partial charge in [-0.15, -0.1) is 0 Å². The minimum atomic E-state index is -4.91. The molecule has 1 aromatic rings. The lowest BCUT2D eigenvalue weighted by molar-refractivity contribution is -0.384. The zero-order chi connectivity index (χ0) is 17.9. The molecule has 8 nitrogen and oxygen atoms in total. The summed E-state index contributed by atoms with van der Waals surface area (Å²) < 4.78 is 38.5. The van der Waals surface area contributed by atoms with Gasteiger partial charge in [0.25, 0.3) is 0 Å². The highest BCUT2D eigenvalue weighted by molar-refractivity contribution is 5.81. The molecule has 0 aromatic carbocycles. The monoisotopic (exact) mass is 349 g/mol. The molecule has 2 heterocycles. The minimum Gasteiger partial charge on any atom is -0.351 e. The summed E-state index contributed by atoms with van der Waals surface area (Å²) in [4.78, 5) is 23.4. The summed E-state index contributed by atoms with van der Waals surface area (Å²) in [5, 5.41) is 17.1. The standard InChI is InChI=1S/C13H18F3N5O3/c1-2-20-11(10(8-17-20)21(23)24)19-6-3-4-9(5-7-19)18-12(22)13(14,15)16/h8-9H,2-7H2,1H3,(H,18,22). The highest BCUT2D eigenvalue weighted by Gasteiger charge is 2.40. The molecular formula is C13H18F3N5O3. The molecule has 1 fully saturated rings. The third-order valence-corrected chi connectivity index (χ3v) is 3.91. The fourth-order valence-corrected chi connectivity index (χ4v) is 2.77. The van der Waals surface area contributed by atoms with Gasteiger partial charge in [0.2, 0.25) is 5.82 Å². The van der Waals surface area contributed by atoms with Gasteiger partial charge in [-0.2, -0.15) is 18.3 Å². The Morgan fingerprint density at radius 1 is 1.46 bits per heavy atom. The third kappa shape index (κ3) is 3.95. The summed E-state index contributed by atoms with van der Waals surface area (Å²) in [6.07, 6.45) is -2.58. The van der Waals surface area contributed by atoms with Crippen LogP contribution in [-0.2, 0) is 11.3 Å². The molecule has 1 saturated heterocycles. The van der Waals surface area contributed by atoms with Crippen LogP contribution in [0.15, 0.2) is 6.20 Å². The first-order valence-corrected chi connectivity index (χ1v) is 7.56. The van der Waals surface area contributed by atoms with Gasteiger partial charge in [-0.05, 0) is 26.2 Å². The molecule has 1 N–H and O–H groups in total. The average Bonchev–Trinajstić information content (AvgIpc) is 2.80. The second kappa shape index (κ2) is 7.05. The Labute approximate surface area is 135 Å². The van der Waals surface area contributed by atoms with Crippen molar-refractivity contribution in [3.05, 3.63) is 16.3 Å². The Hall–Kier alpha value is -2.33. The van der Waals surface area contributed by atoms with Gasteiger partial charge in [0.15, 0.2) is 0 Å². The summed E-state index contributed by atoms with van der Waals surface area (Å²) in [5.41, 5.74) is -0.130. The summed E-state index contributed by atoms with van der Waals surface area (Å²) in [7, 11) is 0. The fraction of sp³-hybridized carbons (Fsp3) is 0.692. The third-order valence-electron chi connectivity index (χ3n) is 3.91. The van der Waals surface area contributed by atoms with E-state index in [0.717, 1.165) is 0 Å². The average molecular weight is 349 g/mol. The van der Waals surface area contributed by atoms with Crippen molar-refractivity contribution in [2.75, 3.05) is 18.0 Å². The Morgan fingerprint density at radius 2 is 2.17 bits per heavy atom. The van der Waals surface area contributed by atoms with Crippen molar-refractivity contribution in [1.82, 2.24) is 15.1 Å². The zero-order valence-corrected chi connectivity index (χ0v) is 13.0. The molecular weight excluding hydrogens is 331 g/mol. The first-order valence-electron chi connectivity index (χ1n) is 7.56. The van der Waals surface area contributed by atoms with Crippen LogP contribution in [0.1, 0.15) is 26.2 Å². The number of nitrogens with zero attached hydrogens (tertiary/aromatic N) is 4. The maximum atomic E-state index is 12.3. The molecule has 2 rings (SSSR count). The highest BCUT2D eigenvalue weighted by Crippen LogP contribution is 2.30. The number of rotatable bonds is 4. The maximum Gasteiger partial charge on any atom is 0.471 e. The molecule has 1 amide bonds. The van der Waals surface area contributed by atoms with Crippen LogP contribution < -0.4 is 10.2 Å². The zero-order valence-electron chi connectivity index (χ0n) is 13.0. The van der Waals surface area contributed by atoms with E-state index in [1.807, 2.05) is 5.32 Å². The van der Waals surface area contributed by atoms with Crippen LogP contribution in [0.2, 0.25) is 0 Å². The number of alkyl halides is 3. The summed E-state index contributed by atoms with van der Waals surface area (Å²) in [6, 6.07) is -0.610. The van der Waals surface area contributed by atoms with Crippen molar-refractivity contribution in [1.29, 1.82) is 0 Å². The van der Waals surface area contributed by atoms with Crippen LogP contribution in [0.5, 0.6) is 0 Å². The topological polar surface area (TPSA) is 93.3 Å². The van der Waals surface area contributed by atoms with Crippen LogP contribution in [0, 0.1) is 10.1 Å². The Kier molecular flexibility index (Phi) is 5.30. The molecule has 1 aliphatic heterocycles. The lowest BCUT2D eigenvalue weighted by atomic mass is 10.1. The van der Waals surface area contributed by atoms with Gasteiger partial charge in [-0.3, -0.25) is 14.9 Å². The van der Waals surface area contributed by atoms with E-state index in [0.29, 0.717) is 38.3 Å². The van der Waals surface area contributed by atoms with Crippen LogP contribution >= 0.6 is 0 Å². The fourth-order valence-electron chi connectivity index (χ4n) is 2.77. The number of aryl methyl sites for hydroxylation is 1. The lowest BCUT2D eigenvalue weighted by Gasteiger charge is -2.22. The number of nitro groups is 1. The summed E-state index contributed by atoms with van der Waals surface area (Å²) in [5.74, 6) is -1.60. The molecule has 0 bridgehead atoms.